The van der Waals surface area contributed by atoms with E-state index in [1.165, 1.54) is 0 Å². The molecule has 1 N–H and O–H groups in total. The summed E-state index contributed by atoms with van der Waals surface area (Å²) in [4.78, 5) is 8.59. The zero-order chi connectivity index (χ0) is 15.1. The van der Waals surface area contributed by atoms with Gasteiger partial charge in [-0.15, -0.1) is 0 Å². The Kier molecular flexibility index (Phi) is 5.96. The molecule has 0 amide bonds. The molecule has 0 bridgehead atoms. The smallest absolute Gasteiger partial charge is 0.232 e. The van der Waals surface area contributed by atoms with E-state index in [4.69, 9.17) is 16.3 Å². The average molecular weight is 306 g/mol. The van der Waals surface area contributed by atoms with Crippen LogP contribution in [0.25, 0.3) is 0 Å². The van der Waals surface area contributed by atoms with E-state index < -0.39 is 0 Å². The SMILES string of the molecule is CC(C)CNCc1cnc(OCc2ccc(Cl)cc2)cn1. The minimum atomic E-state index is 0.455. The van der Waals surface area contributed by atoms with Crippen molar-refractivity contribution in [3.8, 4) is 5.88 Å². The fourth-order valence-electron chi connectivity index (χ4n) is 1.74. The maximum Gasteiger partial charge on any atom is 0.232 e. The molecule has 21 heavy (non-hydrogen) atoms. The molecule has 0 unspecified atom stereocenters. The Balaban J connectivity index is 1.80. The fourth-order valence-corrected chi connectivity index (χ4v) is 1.86. The largest absolute Gasteiger partial charge is 0.472 e. The van der Waals surface area contributed by atoms with Gasteiger partial charge in [-0.1, -0.05) is 37.6 Å². The first-order valence-electron chi connectivity index (χ1n) is 7.02. The standard InChI is InChI=1S/C16H20ClN3O/c1-12(2)7-18-8-15-9-20-16(10-19-15)21-11-13-3-5-14(17)6-4-13/h3-6,9-10,12,18H,7-8,11H2,1-2H3. The summed E-state index contributed by atoms with van der Waals surface area (Å²) in [5.41, 5.74) is 1.96. The number of nitrogens with zero attached hydrogens (tertiary/aromatic N) is 2. The van der Waals surface area contributed by atoms with E-state index in [0.717, 1.165) is 29.4 Å². The quantitative estimate of drug-likeness (QED) is 0.851. The third-order valence-corrected chi connectivity index (χ3v) is 3.09. The van der Waals surface area contributed by atoms with E-state index in [1.807, 2.05) is 24.3 Å². The minimum absolute atomic E-state index is 0.455. The van der Waals surface area contributed by atoms with Gasteiger partial charge in [0.1, 0.15) is 6.61 Å². The number of benzene rings is 1. The van der Waals surface area contributed by atoms with Crippen molar-refractivity contribution in [2.45, 2.75) is 27.0 Å². The van der Waals surface area contributed by atoms with E-state index in [2.05, 4.69) is 29.1 Å². The van der Waals surface area contributed by atoms with E-state index in [1.54, 1.807) is 12.4 Å². The van der Waals surface area contributed by atoms with Gasteiger partial charge in [-0.05, 0) is 30.2 Å². The number of hydrogen-bond acceptors (Lipinski definition) is 4. The molecule has 0 fully saturated rings. The van der Waals surface area contributed by atoms with Gasteiger partial charge in [-0.3, -0.25) is 4.98 Å². The summed E-state index contributed by atoms with van der Waals surface area (Å²) in [6.07, 6.45) is 3.40. The van der Waals surface area contributed by atoms with Crippen molar-refractivity contribution < 1.29 is 4.74 Å². The molecule has 1 aromatic carbocycles. The fraction of sp³-hybridized carbons (Fsp3) is 0.375. The van der Waals surface area contributed by atoms with Crippen LogP contribution in [0.5, 0.6) is 5.88 Å². The van der Waals surface area contributed by atoms with Crippen LogP contribution >= 0.6 is 11.6 Å². The lowest BCUT2D eigenvalue weighted by molar-refractivity contribution is 0.292. The number of rotatable bonds is 7. The molecule has 5 heteroatoms. The molecule has 0 aliphatic heterocycles. The van der Waals surface area contributed by atoms with Crippen molar-refractivity contribution >= 4 is 11.6 Å². The zero-order valence-electron chi connectivity index (χ0n) is 12.3. The monoisotopic (exact) mass is 305 g/mol. The molecule has 0 aliphatic carbocycles. The van der Waals surface area contributed by atoms with Crippen molar-refractivity contribution in [1.82, 2.24) is 15.3 Å². The van der Waals surface area contributed by atoms with Crippen molar-refractivity contribution in [2.75, 3.05) is 6.54 Å². The third kappa shape index (κ3) is 5.69. The Morgan fingerprint density at radius 3 is 2.52 bits per heavy atom. The van der Waals surface area contributed by atoms with Crippen LogP contribution < -0.4 is 10.1 Å². The molecule has 0 aliphatic rings. The average Bonchev–Trinajstić information content (AvgIpc) is 2.48. The molecule has 1 aromatic heterocycles. The topological polar surface area (TPSA) is 47.0 Å². The summed E-state index contributed by atoms with van der Waals surface area (Å²) < 4.78 is 5.59. The van der Waals surface area contributed by atoms with Crippen molar-refractivity contribution in [1.29, 1.82) is 0 Å². The van der Waals surface area contributed by atoms with Crippen LogP contribution in [0, 0.1) is 5.92 Å². The van der Waals surface area contributed by atoms with Crippen LogP contribution in [-0.2, 0) is 13.2 Å². The molecule has 0 saturated heterocycles. The second kappa shape index (κ2) is 7.96. The Morgan fingerprint density at radius 2 is 1.90 bits per heavy atom. The van der Waals surface area contributed by atoms with E-state index >= 15 is 0 Å². The van der Waals surface area contributed by atoms with Crippen LogP contribution in [0.4, 0.5) is 0 Å². The first-order valence-corrected chi connectivity index (χ1v) is 7.40. The van der Waals surface area contributed by atoms with Gasteiger partial charge in [0.2, 0.25) is 5.88 Å². The lowest BCUT2D eigenvalue weighted by Crippen LogP contribution is -2.19. The van der Waals surface area contributed by atoms with Gasteiger partial charge in [-0.2, -0.15) is 0 Å². The number of aromatic nitrogens is 2. The summed E-state index contributed by atoms with van der Waals surface area (Å²) in [6, 6.07) is 7.55. The van der Waals surface area contributed by atoms with Gasteiger partial charge >= 0.3 is 0 Å². The molecule has 0 radical (unpaired) electrons. The summed E-state index contributed by atoms with van der Waals surface area (Å²) in [7, 11) is 0. The summed E-state index contributed by atoms with van der Waals surface area (Å²) >= 11 is 5.84. The molecule has 2 aromatic rings. The summed E-state index contributed by atoms with van der Waals surface area (Å²) in [5.74, 6) is 1.15. The van der Waals surface area contributed by atoms with Gasteiger partial charge in [0.25, 0.3) is 0 Å². The van der Waals surface area contributed by atoms with Crippen molar-refractivity contribution in [3.63, 3.8) is 0 Å². The lowest BCUT2D eigenvalue weighted by Gasteiger charge is -2.08. The Morgan fingerprint density at radius 1 is 1.14 bits per heavy atom. The predicted molar refractivity (Wildman–Crippen MR) is 84.4 cm³/mol. The van der Waals surface area contributed by atoms with Crippen LogP contribution in [0.2, 0.25) is 5.02 Å². The first kappa shape index (κ1) is 15.7. The highest BCUT2D eigenvalue weighted by Gasteiger charge is 2.01. The highest BCUT2D eigenvalue weighted by Crippen LogP contribution is 2.12. The normalized spacial score (nSPS) is 10.9. The minimum Gasteiger partial charge on any atom is -0.472 e. The highest BCUT2D eigenvalue weighted by molar-refractivity contribution is 6.30. The van der Waals surface area contributed by atoms with E-state index in [-0.39, 0.29) is 0 Å². The van der Waals surface area contributed by atoms with Crippen LogP contribution in [0.3, 0.4) is 0 Å². The summed E-state index contributed by atoms with van der Waals surface area (Å²) in [6.45, 7) is 6.49. The molecule has 0 saturated carbocycles. The first-order chi connectivity index (χ1) is 10.1. The molecule has 1 heterocycles. The van der Waals surface area contributed by atoms with Gasteiger partial charge in [0.15, 0.2) is 0 Å². The zero-order valence-corrected chi connectivity index (χ0v) is 13.1. The van der Waals surface area contributed by atoms with E-state index in [0.29, 0.717) is 18.4 Å². The van der Waals surface area contributed by atoms with Crippen LogP contribution in [-0.4, -0.2) is 16.5 Å². The van der Waals surface area contributed by atoms with E-state index in [9.17, 15) is 0 Å². The van der Waals surface area contributed by atoms with Crippen LogP contribution in [0.1, 0.15) is 25.1 Å². The summed E-state index contributed by atoms with van der Waals surface area (Å²) in [5, 5.41) is 4.05. The Labute approximate surface area is 130 Å². The number of ether oxygens (including phenoxy) is 1. The molecule has 4 nitrogen and oxygen atoms in total. The second-order valence-corrected chi connectivity index (χ2v) is 5.72. The Hall–Kier alpha value is -1.65. The van der Waals surface area contributed by atoms with Gasteiger partial charge in [0.05, 0.1) is 18.1 Å². The second-order valence-electron chi connectivity index (χ2n) is 5.29. The lowest BCUT2D eigenvalue weighted by atomic mass is 10.2. The predicted octanol–water partition coefficient (Wildman–Crippen LogP) is 3.45. The number of nitrogens with one attached hydrogen (secondary N) is 1. The van der Waals surface area contributed by atoms with Crippen LogP contribution in [0.15, 0.2) is 36.7 Å². The Bertz CT molecular complexity index is 540. The number of hydrogen-bond donors (Lipinski definition) is 1. The maximum atomic E-state index is 5.84. The molecule has 2 rings (SSSR count). The van der Waals surface area contributed by atoms with Crippen molar-refractivity contribution in [2.24, 2.45) is 5.92 Å². The molecule has 0 atom stereocenters. The van der Waals surface area contributed by atoms with Gasteiger partial charge in [-0.25, -0.2) is 4.98 Å². The van der Waals surface area contributed by atoms with Gasteiger partial charge in [0, 0.05) is 11.6 Å². The maximum absolute atomic E-state index is 5.84. The molecule has 0 spiro atoms. The van der Waals surface area contributed by atoms with Gasteiger partial charge < -0.3 is 10.1 Å². The molecular formula is C16H20ClN3O. The highest BCUT2D eigenvalue weighted by atomic mass is 35.5. The molecular weight excluding hydrogens is 286 g/mol. The third-order valence-electron chi connectivity index (χ3n) is 2.84. The molecule has 112 valence electrons. The van der Waals surface area contributed by atoms with Crippen molar-refractivity contribution in [3.05, 3.63) is 52.9 Å². The number of halogens is 1.